The number of thiocarbonyl (C=S) groups is 1. The molecule has 3 aliphatic heterocycles. The van der Waals surface area contributed by atoms with Crippen molar-refractivity contribution in [3.63, 3.8) is 0 Å². The molecule has 0 saturated carbocycles. The lowest BCUT2D eigenvalue weighted by atomic mass is 10.0. The van der Waals surface area contributed by atoms with Crippen LogP contribution in [0.3, 0.4) is 0 Å². The molecule has 3 heterocycles. The van der Waals surface area contributed by atoms with Crippen LogP contribution in [-0.4, -0.2) is 82.8 Å². The molecule has 0 aliphatic carbocycles. The summed E-state index contributed by atoms with van der Waals surface area (Å²) < 4.78 is 30.1. The number of thioether (sulfide) groups is 1. The second-order valence-corrected chi connectivity index (χ2v) is 9.99. The molecular formula is C19H31NO7S2. The molecule has 3 fully saturated rings. The number of carboxylic acids is 1. The van der Waals surface area contributed by atoms with Crippen LogP contribution in [0.15, 0.2) is 0 Å². The van der Waals surface area contributed by atoms with Crippen LogP contribution >= 0.6 is 24.0 Å². The van der Waals surface area contributed by atoms with Crippen molar-refractivity contribution in [2.24, 2.45) is 0 Å². The van der Waals surface area contributed by atoms with E-state index < -0.39 is 23.6 Å². The molecule has 3 aliphatic rings. The van der Waals surface area contributed by atoms with Crippen molar-refractivity contribution in [3.05, 3.63) is 0 Å². The quantitative estimate of drug-likeness (QED) is 0.535. The lowest BCUT2D eigenvalue weighted by molar-refractivity contribution is -0.205. The minimum absolute atomic E-state index is 0.269. The minimum atomic E-state index is -0.912. The molecule has 0 radical (unpaired) electrons. The van der Waals surface area contributed by atoms with Gasteiger partial charge in [-0.15, -0.1) is 0 Å². The van der Waals surface area contributed by atoms with Crippen LogP contribution in [0.25, 0.3) is 0 Å². The summed E-state index contributed by atoms with van der Waals surface area (Å²) in [4.78, 5) is 11.9. The van der Waals surface area contributed by atoms with Crippen molar-refractivity contribution in [3.8, 4) is 0 Å². The zero-order chi connectivity index (χ0) is 21.4. The van der Waals surface area contributed by atoms with E-state index in [0.29, 0.717) is 24.4 Å². The number of nitrogens with one attached hydrogen (secondary N) is 1. The van der Waals surface area contributed by atoms with Crippen molar-refractivity contribution >= 4 is 34.9 Å². The van der Waals surface area contributed by atoms with Gasteiger partial charge in [0.05, 0.1) is 17.7 Å². The Hall–Kier alpha value is -0.490. The Kier molecular flexibility index (Phi) is 7.14. The molecule has 0 aromatic carbocycles. The van der Waals surface area contributed by atoms with Crippen LogP contribution in [0.5, 0.6) is 0 Å². The van der Waals surface area contributed by atoms with E-state index in [1.807, 2.05) is 34.0 Å². The van der Waals surface area contributed by atoms with Crippen LogP contribution in [0.2, 0.25) is 0 Å². The molecular weight excluding hydrogens is 418 g/mol. The number of hydrogen-bond acceptors (Lipinski definition) is 8. The van der Waals surface area contributed by atoms with Crippen molar-refractivity contribution in [2.75, 3.05) is 18.6 Å². The van der Waals surface area contributed by atoms with E-state index in [0.717, 1.165) is 5.75 Å². The fourth-order valence-electron chi connectivity index (χ4n) is 3.99. The molecule has 0 aromatic heterocycles. The largest absolute Gasteiger partial charge is 0.480 e. The minimum Gasteiger partial charge on any atom is -0.480 e. The first-order valence-electron chi connectivity index (χ1n) is 9.85. The van der Waals surface area contributed by atoms with E-state index in [4.69, 9.17) is 35.9 Å². The van der Waals surface area contributed by atoms with Gasteiger partial charge in [-0.2, -0.15) is 11.8 Å². The van der Waals surface area contributed by atoms with Gasteiger partial charge in [-0.3, -0.25) is 0 Å². The van der Waals surface area contributed by atoms with E-state index >= 15 is 0 Å². The molecule has 29 heavy (non-hydrogen) atoms. The van der Waals surface area contributed by atoms with Crippen LogP contribution < -0.4 is 5.32 Å². The Morgan fingerprint density at radius 2 is 1.86 bits per heavy atom. The van der Waals surface area contributed by atoms with Gasteiger partial charge in [0.15, 0.2) is 11.6 Å². The van der Waals surface area contributed by atoms with Gasteiger partial charge in [0.1, 0.15) is 30.5 Å². The van der Waals surface area contributed by atoms with E-state index in [1.165, 1.54) is 0 Å². The molecule has 0 spiro atoms. The number of hydrogen-bond donors (Lipinski definition) is 2. The molecule has 0 aromatic rings. The molecule has 8 nitrogen and oxygen atoms in total. The van der Waals surface area contributed by atoms with Crippen LogP contribution in [0.1, 0.15) is 40.5 Å². The summed E-state index contributed by atoms with van der Waals surface area (Å²) in [5, 5.41) is 12.4. The molecule has 0 unspecified atom stereocenters. The highest BCUT2D eigenvalue weighted by Crippen LogP contribution is 2.43. The third-order valence-corrected chi connectivity index (χ3v) is 6.14. The fraction of sp³-hybridized carbons (Fsp3) is 0.895. The monoisotopic (exact) mass is 449 g/mol. The second-order valence-electron chi connectivity index (χ2n) is 8.51. The zero-order valence-corrected chi connectivity index (χ0v) is 19.1. The third-order valence-electron chi connectivity index (χ3n) is 5.21. The SMILES string of the molecule is CSCC[C@H](NC(=S)C[C@@H]1O[C@H]([C@H]2COC(C)(C)O2)[C@@H]2OC(C)(C)O[C@@H]21)C(=O)O. The van der Waals surface area contributed by atoms with Crippen molar-refractivity contribution in [2.45, 2.75) is 88.7 Å². The number of carbonyl (C=O) groups is 1. The molecule has 6 atom stereocenters. The maximum Gasteiger partial charge on any atom is 0.326 e. The van der Waals surface area contributed by atoms with Crippen molar-refractivity contribution < 1.29 is 33.6 Å². The topological polar surface area (TPSA) is 95.5 Å². The van der Waals surface area contributed by atoms with Crippen LogP contribution in [0, 0.1) is 0 Å². The maximum absolute atomic E-state index is 11.5. The Morgan fingerprint density at radius 1 is 1.17 bits per heavy atom. The van der Waals surface area contributed by atoms with Crippen LogP contribution in [-0.2, 0) is 28.5 Å². The first kappa shape index (κ1) is 23.2. The Morgan fingerprint density at radius 3 is 2.45 bits per heavy atom. The van der Waals surface area contributed by atoms with Gasteiger partial charge in [-0.05, 0) is 46.1 Å². The molecule has 0 bridgehead atoms. The zero-order valence-electron chi connectivity index (χ0n) is 17.5. The number of aliphatic carboxylic acids is 1. The van der Waals surface area contributed by atoms with Crippen molar-refractivity contribution in [1.82, 2.24) is 5.32 Å². The molecule has 0 amide bonds. The predicted molar refractivity (Wildman–Crippen MR) is 112 cm³/mol. The van der Waals surface area contributed by atoms with Crippen LogP contribution in [0.4, 0.5) is 0 Å². The molecule has 166 valence electrons. The molecule has 10 heteroatoms. The van der Waals surface area contributed by atoms with Gasteiger partial charge in [-0.1, -0.05) is 12.2 Å². The summed E-state index contributed by atoms with van der Waals surface area (Å²) in [5.74, 6) is -1.58. The highest BCUT2D eigenvalue weighted by molar-refractivity contribution is 7.98. The van der Waals surface area contributed by atoms with E-state index in [9.17, 15) is 9.90 Å². The predicted octanol–water partition coefficient (Wildman–Crippen LogP) is 1.94. The smallest absolute Gasteiger partial charge is 0.326 e. The summed E-state index contributed by atoms with van der Waals surface area (Å²) in [6, 6.07) is -0.715. The highest BCUT2D eigenvalue weighted by Gasteiger charge is 2.58. The second kappa shape index (κ2) is 8.94. The van der Waals surface area contributed by atoms with Crippen molar-refractivity contribution in [1.29, 1.82) is 0 Å². The van der Waals surface area contributed by atoms with E-state index in [-0.39, 0.29) is 30.5 Å². The summed E-state index contributed by atoms with van der Waals surface area (Å²) in [6.45, 7) is 7.89. The van der Waals surface area contributed by atoms with Gasteiger partial charge in [0.2, 0.25) is 0 Å². The maximum atomic E-state index is 11.5. The van der Waals surface area contributed by atoms with Gasteiger partial charge in [-0.25, -0.2) is 4.79 Å². The normalized spacial score (nSPS) is 36.0. The number of rotatable bonds is 8. The average molecular weight is 450 g/mol. The highest BCUT2D eigenvalue weighted by atomic mass is 32.2. The fourth-order valence-corrected chi connectivity index (χ4v) is 4.76. The van der Waals surface area contributed by atoms with E-state index in [1.54, 1.807) is 11.8 Å². The Balaban J connectivity index is 1.65. The van der Waals surface area contributed by atoms with Gasteiger partial charge in [0.25, 0.3) is 0 Å². The van der Waals surface area contributed by atoms with E-state index in [2.05, 4.69) is 5.32 Å². The average Bonchev–Trinajstić information content (AvgIpc) is 3.22. The number of ether oxygens (including phenoxy) is 5. The van der Waals surface area contributed by atoms with Gasteiger partial charge < -0.3 is 34.1 Å². The molecule has 3 saturated heterocycles. The van der Waals surface area contributed by atoms with Gasteiger partial charge in [0, 0.05) is 6.42 Å². The summed E-state index contributed by atoms with van der Waals surface area (Å²) in [6.07, 6.45) is 1.22. The summed E-state index contributed by atoms with van der Waals surface area (Å²) in [5.41, 5.74) is 0. The first-order chi connectivity index (χ1) is 13.5. The number of fused-ring (bicyclic) bond motifs is 1. The van der Waals surface area contributed by atoms with Gasteiger partial charge >= 0.3 is 5.97 Å². The molecule has 3 rings (SSSR count). The third kappa shape index (κ3) is 5.61. The molecule has 2 N–H and O–H groups in total. The summed E-state index contributed by atoms with van der Waals surface area (Å²) in [7, 11) is 0. The Bertz CT molecular complexity index is 630. The number of carboxylic acid groups (broad SMARTS) is 1. The summed E-state index contributed by atoms with van der Waals surface area (Å²) >= 11 is 7.05. The first-order valence-corrected chi connectivity index (χ1v) is 11.7. The lowest BCUT2D eigenvalue weighted by Crippen LogP contribution is -2.43. The lowest BCUT2D eigenvalue weighted by Gasteiger charge is -2.27. The standard InChI is InChI=1S/C19H31NO7S2/c1-18(2)23-9-12(25-18)14-16-15(26-19(3,4)27-16)11(24-14)8-13(28)20-10(17(21)22)6-7-29-5/h10-12,14-16H,6-9H2,1-5H3,(H,20,28)(H,21,22)/t10-,11-,12+,14+,15+,16-/m0/s1. The Labute approximate surface area is 181 Å².